The van der Waals surface area contributed by atoms with Crippen molar-refractivity contribution in [2.45, 2.75) is 59.9 Å². The molecule has 2 atom stereocenters. The van der Waals surface area contributed by atoms with Gasteiger partial charge < -0.3 is 10.2 Å². The van der Waals surface area contributed by atoms with Gasteiger partial charge >= 0.3 is 0 Å². The van der Waals surface area contributed by atoms with Crippen LogP contribution in [0.25, 0.3) is 0 Å². The molecule has 0 saturated heterocycles. The van der Waals surface area contributed by atoms with E-state index in [0.717, 1.165) is 13.1 Å². The van der Waals surface area contributed by atoms with Crippen LogP contribution in [0, 0.1) is 5.41 Å². The molecular weight excluding hydrogens is 196 g/mol. The fourth-order valence-electron chi connectivity index (χ4n) is 2.58. The van der Waals surface area contributed by atoms with E-state index in [4.69, 9.17) is 0 Å². The fourth-order valence-corrected chi connectivity index (χ4v) is 2.58. The van der Waals surface area contributed by atoms with E-state index in [1.165, 1.54) is 25.8 Å². The van der Waals surface area contributed by atoms with Crippen molar-refractivity contribution in [2.24, 2.45) is 5.41 Å². The molecule has 2 heteroatoms. The minimum absolute atomic E-state index is 0.420. The van der Waals surface area contributed by atoms with Gasteiger partial charge in [0.2, 0.25) is 0 Å². The second-order valence-corrected chi connectivity index (χ2v) is 5.41. The van der Waals surface area contributed by atoms with Crippen LogP contribution in [0.3, 0.4) is 0 Å². The Balaban J connectivity index is 4.44. The molecule has 2 nitrogen and oxygen atoms in total. The van der Waals surface area contributed by atoms with E-state index in [2.05, 4.69) is 51.9 Å². The molecule has 0 aliphatic rings. The molecule has 0 rings (SSSR count). The van der Waals surface area contributed by atoms with Gasteiger partial charge in [0.1, 0.15) is 0 Å². The molecule has 1 N–H and O–H groups in total. The summed E-state index contributed by atoms with van der Waals surface area (Å²) in [5, 5.41) is 3.35. The Hall–Kier alpha value is -0.0800. The summed E-state index contributed by atoms with van der Waals surface area (Å²) in [4.78, 5) is 2.62. The van der Waals surface area contributed by atoms with E-state index >= 15 is 0 Å². The summed E-state index contributed by atoms with van der Waals surface area (Å²) in [5.41, 5.74) is 0.420. The van der Waals surface area contributed by atoms with Gasteiger partial charge in [-0.2, -0.15) is 0 Å². The lowest BCUT2D eigenvalue weighted by Crippen LogP contribution is -2.44. The van der Waals surface area contributed by atoms with Crippen molar-refractivity contribution < 1.29 is 0 Å². The number of nitrogens with one attached hydrogen (secondary N) is 1. The molecule has 2 unspecified atom stereocenters. The number of hydrogen-bond donors (Lipinski definition) is 1. The zero-order chi connectivity index (χ0) is 12.6. The normalized spacial score (nSPS) is 17.4. The third-order valence-electron chi connectivity index (χ3n) is 3.66. The summed E-state index contributed by atoms with van der Waals surface area (Å²) in [7, 11) is 2.06. The molecule has 16 heavy (non-hydrogen) atoms. The maximum Gasteiger partial charge on any atom is 0.00644 e. The Kier molecular flexibility index (Phi) is 8.04. The highest BCUT2D eigenvalue weighted by Crippen LogP contribution is 2.25. The smallest absolute Gasteiger partial charge is 0.00644 e. The van der Waals surface area contributed by atoms with Gasteiger partial charge in [-0.1, -0.05) is 34.1 Å². The van der Waals surface area contributed by atoms with Crippen molar-refractivity contribution >= 4 is 0 Å². The second-order valence-electron chi connectivity index (χ2n) is 5.41. The van der Waals surface area contributed by atoms with Crippen LogP contribution < -0.4 is 5.32 Å². The van der Waals surface area contributed by atoms with Crippen LogP contribution in [0.2, 0.25) is 0 Å². The van der Waals surface area contributed by atoms with Gasteiger partial charge in [0.05, 0.1) is 0 Å². The van der Waals surface area contributed by atoms with Crippen molar-refractivity contribution in [3.05, 3.63) is 0 Å². The third-order valence-corrected chi connectivity index (χ3v) is 3.66. The molecule has 0 aliphatic heterocycles. The first-order chi connectivity index (χ1) is 7.52. The van der Waals surface area contributed by atoms with Crippen LogP contribution in [0.1, 0.15) is 53.9 Å². The highest BCUT2D eigenvalue weighted by atomic mass is 15.2. The largest absolute Gasteiger partial charge is 0.319 e. The maximum atomic E-state index is 3.35. The van der Waals surface area contributed by atoms with Gasteiger partial charge in [0, 0.05) is 19.1 Å². The van der Waals surface area contributed by atoms with E-state index in [1.807, 2.05) is 0 Å². The van der Waals surface area contributed by atoms with Crippen molar-refractivity contribution in [3.8, 4) is 0 Å². The number of rotatable bonds is 9. The zero-order valence-electron chi connectivity index (χ0n) is 12.3. The van der Waals surface area contributed by atoms with Crippen LogP contribution in [0.4, 0.5) is 0 Å². The Bertz CT molecular complexity index is 162. The molecule has 0 aromatic carbocycles. The van der Waals surface area contributed by atoms with Crippen molar-refractivity contribution in [3.63, 3.8) is 0 Å². The molecule has 98 valence electrons. The molecule has 0 bridgehead atoms. The fraction of sp³-hybridized carbons (Fsp3) is 1.00. The molecule has 0 spiro atoms. The summed E-state index contributed by atoms with van der Waals surface area (Å²) in [6.45, 7) is 15.1. The van der Waals surface area contributed by atoms with Gasteiger partial charge in [0.25, 0.3) is 0 Å². The summed E-state index contributed by atoms with van der Waals surface area (Å²) < 4.78 is 0. The molecule has 0 heterocycles. The Labute approximate surface area is 103 Å². The molecule has 0 aromatic heterocycles. The molecule has 0 amide bonds. The monoisotopic (exact) mass is 228 g/mol. The number of hydrogen-bond acceptors (Lipinski definition) is 2. The predicted molar refractivity (Wildman–Crippen MR) is 73.9 cm³/mol. The van der Waals surface area contributed by atoms with E-state index in [-0.39, 0.29) is 0 Å². The molecule has 0 saturated carbocycles. The predicted octanol–water partition coefficient (Wildman–Crippen LogP) is 3.13. The van der Waals surface area contributed by atoms with Gasteiger partial charge in [-0.3, -0.25) is 0 Å². The summed E-state index contributed by atoms with van der Waals surface area (Å²) in [5.74, 6) is 0. The van der Waals surface area contributed by atoms with Crippen LogP contribution >= 0.6 is 0 Å². The SMILES string of the molecule is CCCC(C)(CNC)CN(CC)C(C)CC. The molecule has 0 aromatic rings. The van der Waals surface area contributed by atoms with Gasteiger partial charge in [-0.15, -0.1) is 0 Å². The molecule has 0 aliphatic carbocycles. The minimum Gasteiger partial charge on any atom is -0.319 e. The first kappa shape index (κ1) is 15.9. The lowest BCUT2D eigenvalue weighted by Gasteiger charge is -2.38. The molecule has 0 radical (unpaired) electrons. The molecular formula is C14H32N2. The van der Waals surface area contributed by atoms with E-state index in [9.17, 15) is 0 Å². The van der Waals surface area contributed by atoms with E-state index < -0.39 is 0 Å². The Morgan fingerprint density at radius 1 is 1.25 bits per heavy atom. The first-order valence-electron chi connectivity index (χ1n) is 6.91. The first-order valence-corrected chi connectivity index (χ1v) is 6.91. The Morgan fingerprint density at radius 3 is 2.25 bits per heavy atom. The van der Waals surface area contributed by atoms with Crippen LogP contribution in [0.15, 0.2) is 0 Å². The number of nitrogens with zero attached hydrogens (tertiary/aromatic N) is 1. The van der Waals surface area contributed by atoms with Crippen LogP contribution in [-0.2, 0) is 0 Å². The second kappa shape index (κ2) is 8.08. The summed E-state index contributed by atoms with van der Waals surface area (Å²) in [6.07, 6.45) is 3.83. The third kappa shape index (κ3) is 5.31. The average molecular weight is 228 g/mol. The van der Waals surface area contributed by atoms with Crippen molar-refractivity contribution in [2.75, 3.05) is 26.7 Å². The minimum atomic E-state index is 0.420. The van der Waals surface area contributed by atoms with Gasteiger partial charge in [-0.25, -0.2) is 0 Å². The van der Waals surface area contributed by atoms with Crippen molar-refractivity contribution in [1.29, 1.82) is 0 Å². The maximum absolute atomic E-state index is 3.35. The highest BCUT2D eigenvalue weighted by molar-refractivity contribution is 4.81. The van der Waals surface area contributed by atoms with Crippen LogP contribution in [-0.4, -0.2) is 37.6 Å². The summed E-state index contributed by atoms with van der Waals surface area (Å²) in [6, 6.07) is 0.707. The quantitative estimate of drug-likeness (QED) is 0.652. The van der Waals surface area contributed by atoms with E-state index in [1.54, 1.807) is 0 Å². The standard InChI is InChI=1S/C14H32N2/c1-7-10-14(5,11-15-6)12-16(9-3)13(4)8-2/h13,15H,7-12H2,1-6H3. The topological polar surface area (TPSA) is 15.3 Å². The lowest BCUT2D eigenvalue weighted by molar-refractivity contribution is 0.121. The van der Waals surface area contributed by atoms with Crippen molar-refractivity contribution in [1.82, 2.24) is 10.2 Å². The zero-order valence-corrected chi connectivity index (χ0v) is 12.3. The highest BCUT2D eigenvalue weighted by Gasteiger charge is 2.26. The van der Waals surface area contributed by atoms with Gasteiger partial charge in [-0.05, 0) is 38.8 Å². The van der Waals surface area contributed by atoms with Crippen LogP contribution in [0.5, 0.6) is 0 Å². The van der Waals surface area contributed by atoms with Gasteiger partial charge in [0.15, 0.2) is 0 Å². The van der Waals surface area contributed by atoms with E-state index in [0.29, 0.717) is 11.5 Å². The summed E-state index contributed by atoms with van der Waals surface area (Å²) >= 11 is 0. The molecule has 0 fully saturated rings. The lowest BCUT2D eigenvalue weighted by atomic mass is 9.84. The average Bonchev–Trinajstić information content (AvgIpc) is 2.25. The Morgan fingerprint density at radius 2 is 1.88 bits per heavy atom.